The molecule has 102 valence electrons. The van der Waals surface area contributed by atoms with Crippen LogP contribution in [0.5, 0.6) is 0 Å². The average molecular weight is 276 g/mol. The van der Waals surface area contributed by atoms with Crippen LogP contribution >= 0.6 is 11.8 Å². The number of thioether (sulfide) groups is 1. The molecule has 19 heavy (non-hydrogen) atoms. The molecule has 0 bridgehead atoms. The second-order valence-corrected chi connectivity index (χ2v) is 6.70. The molecule has 3 rings (SSSR count). The molecule has 1 fully saturated rings. The van der Waals surface area contributed by atoms with Crippen molar-refractivity contribution in [3.63, 3.8) is 0 Å². The second kappa shape index (κ2) is 5.55. The molecular weight excluding hydrogens is 256 g/mol. The zero-order valence-corrected chi connectivity index (χ0v) is 12.1. The van der Waals surface area contributed by atoms with Gasteiger partial charge in [0.25, 0.3) is 0 Å². The highest BCUT2D eigenvalue weighted by molar-refractivity contribution is 8.14. The average Bonchev–Trinajstić information content (AvgIpc) is 2.88. The first-order valence-corrected chi connectivity index (χ1v) is 7.75. The summed E-state index contributed by atoms with van der Waals surface area (Å²) >= 11 is 1.84. The summed E-state index contributed by atoms with van der Waals surface area (Å²) < 4.78 is 5.58. The summed E-state index contributed by atoms with van der Waals surface area (Å²) in [6.45, 7) is 4.77. The Balaban J connectivity index is 1.60. The number of nitrogens with zero attached hydrogens (tertiary/aromatic N) is 1. The molecule has 0 radical (unpaired) electrons. The molecular formula is C15H20N2OS. The number of aliphatic imine (C=N–C) groups is 1. The van der Waals surface area contributed by atoms with Crippen LogP contribution in [0.4, 0.5) is 0 Å². The fourth-order valence-corrected chi connectivity index (χ4v) is 3.74. The first kappa shape index (κ1) is 13.0. The summed E-state index contributed by atoms with van der Waals surface area (Å²) in [7, 11) is 0. The molecule has 2 aliphatic rings. The molecule has 0 aliphatic carbocycles. The van der Waals surface area contributed by atoms with E-state index in [0.717, 1.165) is 37.8 Å². The van der Waals surface area contributed by atoms with Crippen LogP contribution < -0.4 is 5.32 Å². The lowest BCUT2D eigenvalue weighted by Gasteiger charge is -2.34. The molecule has 0 saturated carbocycles. The number of nitrogens with one attached hydrogen (secondary N) is 1. The highest BCUT2D eigenvalue weighted by Gasteiger charge is 2.31. The molecule has 1 N–H and O–H groups in total. The molecule has 0 aromatic heterocycles. The first-order valence-electron chi connectivity index (χ1n) is 6.87. The number of rotatable bonds is 2. The van der Waals surface area contributed by atoms with Crippen LogP contribution in [0.3, 0.4) is 0 Å². The van der Waals surface area contributed by atoms with Crippen molar-refractivity contribution in [2.75, 3.05) is 19.8 Å². The molecule has 0 spiro atoms. The number of hydrogen-bond acceptors (Lipinski definition) is 4. The van der Waals surface area contributed by atoms with Gasteiger partial charge < -0.3 is 10.1 Å². The third-order valence-electron chi connectivity index (χ3n) is 3.67. The van der Waals surface area contributed by atoms with Gasteiger partial charge in [-0.3, -0.25) is 4.99 Å². The van der Waals surface area contributed by atoms with Crippen LogP contribution in [-0.2, 0) is 4.74 Å². The Morgan fingerprint density at radius 2 is 2.21 bits per heavy atom. The zero-order valence-electron chi connectivity index (χ0n) is 11.3. The predicted molar refractivity (Wildman–Crippen MR) is 80.7 cm³/mol. The molecule has 1 saturated heterocycles. The number of benzene rings is 1. The maximum atomic E-state index is 5.58. The highest BCUT2D eigenvalue weighted by atomic mass is 32.2. The van der Waals surface area contributed by atoms with Gasteiger partial charge in [0.15, 0.2) is 5.17 Å². The van der Waals surface area contributed by atoms with E-state index in [0.29, 0.717) is 5.25 Å². The lowest BCUT2D eigenvalue weighted by atomic mass is 9.95. The smallest absolute Gasteiger partial charge is 0.157 e. The van der Waals surface area contributed by atoms with Gasteiger partial charge >= 0.3 is 0 Å². The molecule has 4 heteroatoms. The van der Waals surface area contributed by atoms with Gasteiger partial charge in [0.05, 0.1) is 23.9 Å². The minimum absolute atomic E-state index is 0.0513. The van der Waals surface area contributed by atoms with E-state index in [1.54, 1.807) is 0 Å². The standard InChI is InChI=1S/C15H20N2OS/c1-15(8-5-9-18-11-15)17-14-16-10-13(19-14)12-6-3-2-4-7-12/h2-4,6-7,13H,5,8-11H2,1H3,(H,16,17). The number of ether oxygens (including phenoxy) is 1. The topological polar surface area (TPSA) is 33.6 Å². The SMILES string of the molecule is CC1(NC2=NCC(c3ccccc3)S2)CCCOC1. The molecule has 2 unspecified atom stereocenters. The third kappa shape index (κ3) is 3.12. The van der Waals surface area contributed by atoms with Crippen molar-refractivity contribution in [2.45, 2.75) is 30.6 Å². The Bertz CT molecular complexity index is 454. The minimum atomic E-state index is 0.0513. The molecule has 3 nitrogen and oxygen atoms in total. The van der Waals surface area contributed by atoms with Gasteiger partial charge in [-0.2, -0.15) is 0 Å². The Morgan fingerprint density at radius 3 is 2.95 bits per heavy atom. The fourth-order valence-electron chi connectivity index (χ4n) is 2.58. The van der Waals surface area contributed by atoms with Crippen molar-refractivity contribution in [1.82, 2.24) is 5.32 Å². The van der Waals surface area contributed by atoms with Gasteiger partial charge in [-0.15, -0.1) is 0 Å². The minimum Gasteiger partial charge on any atom is -0.379 e. The van der Waals surface area contributed by atoms with Crippen molar-refractivity contribution in [1.29, 1.82) is 0 Å². The van der Waals surface area contributed by atoms with E-state index in [4.69, 9.17) is 4.74 Å². The largest absolute Gasteiger partial charge is 0.379 e. The highest BCUT2D eigenvalue weighted by Crippen LogP contribution is 2.35. The van der Waals surface area contributed by atoms with Crippen molar-refractivity contribution < 1.29 is 4.74 Å². The van der Waals surface area contributed by atoms with E-state index in [1.807, 2.05) is 11.8 Å². The summed E-state index contributed by atoms with van der Waals surface area (Å²) in [4.78, 5) is 4.65. The van der Waals surface area contributed by atoms with Crippen LogP contribution in [0, 0.1) is 0 Å². The van der Waals surface area contributed by atoms with E-state index in [2.05, 4.69) is 47.6 Å². The maximum absolute atomic E-state index is 5.58. The van der Waals surface area contributed by atoms with Crippen molar-refractivity contribution >= 4 is 16.9 Å². The van der Waals surface area contributed by atoms with Gasteiger partial charge in [0.2, 0.25) is 0 Å². The van der Waals surface area contributed by atoms with E-state index in [-0.39, 0.29) is 5.54 Å². The van der Waals surface area contributed by atoms with E-state index < -0.39 is 0 Å². The van der Waals surface area contributed by atoms with Gasteiger partial charge in [-0.25, -0.2) is 0 Å². The third-order valence-corrected chi connectivity index (χ3v) is 4.83. The molecule has 1 aromatic carbocycles. The molecule has 2 atom stereocenters. The van der Waals surface area contributed by atoms with Gasteiger partial charge in [0, 0.05) is 6.61 Å². The van der Waals surface area contributed by atoms with E-state index >= 15 is 0 Å². The van der Waals surface area contributed by atoms with Crippen LogP contribution in [0.25, 0.3) is 0 Å². The summed E-state index contributed by atoms with van der Waals surface area (Å²) in [6, 6.07) is 10.6. The predicted octanol–water partition coefficient (Wildman–Crippen LogP) is 2.99. The number of amidine groups is 1. The molecule has 0 amide bonds. The van der Waals surface area contributed by atoms with Crippen molar-refractivity contribution in [3.8, 4) is 0 Å². The summed E-state index contributed by atoms with van der Waals surface area (Å²) in [5, 5.41) is 5.11. The Labute approximate surface area is 118 Å². The van der Waals surface area contributed by atoms with Crippen molar-refractivity contribution in [3.05, 3.63) is 35.9 Å². The lowest BCUT2D eigenvalue weighted by Crippen LogP contribution is -2.50. The van der Waals surface area contributed by atoms with Crippen LogP contribution in [-0.4, -0.2) is 30.5 Å². The quantitative estimate of drug-likeness (QED) is 0.901. The molecule has 2 heterocycles. The lowest BCUT2D eigenvalue weighted by molar-refractivity contribution is 0.0375. The molecule has 1 aromatic rings. The second-order valence-electron chi connectivity index (χ2n) is 5.50. The summed E-state index contributed by atoms with van der Waals surface area (Å²) in [5.41, 5.74) is 1.41. The van der Waals surface area contributed by atoms with Crippen LogP contribution in [0.15, 0.2) is 35.3 Å². The van der Waals surface area contributed by atoms with Gasteiger partial charge in [-0.1, -0.05) is 42.1 Å². The van der Waals surface area contributed by atoms with Crippen LogP contribution in [0.1, 0.15) is 30.6 Å². The van der Waals surface area contributed by atoms with E-state index in [9.17, 15) is 0 Å². The van der Waals surface area contributed by atoms with Crippen LogP contribution in [0.2, 0.25) is 0 Å². The zero-order chi connectivity index (χ0) is 13.1. The van der Waals surface area contributed by atoms with Gasteiger partial charge in [-0.05, 0) is 25.3 Å². The summed E-state index contributed by atoms with van der Waals surface area (Å²) in [5.74, 6) is 0. The van der Waals surface area contributed by atoms with Gasteiger partial charge in [0.1, 0.15) is 0 Å². The fraction of sp³-hybridized carbons (Fsp3) is 0.533. The monoisotopic (exact) mass is 276 g/mol. The first-order chi connectivity index (χ1) is 9.25. The van der Waals surface area contributed by atoms with E-state index in [1.165, 1.54) is 5.56 Å². The Hall–Kier alpha value is -1.00. The van der Waals surface area contributed by atoms with Crippen molar-refractivity contribution in [2.24, 2.45) is 4.99 Å². The number of hydrogen-bond donors (Lipinski definition) is 1. The normalized spacial score (nSPS) is 31.0. The molecule has 2 aliphatic heterocycles. The Morgan fingerprint density at radius 1 is 1.37 bits per heavy atom. The Kier molecular flexibility index (Phi) is 3.80. The maximum Gasteiger partial charge on any atom is 0.157 e. The summed E-state index contributed by atoms with van der Waals surface area (Å²) in [6.07, 6.45) is 2.28.